The molecule has 3 nitrogen and oxygen atoms in total. The van der Waals surface area contributed by atoms with Crippen molar-refractivity contribution in [1.82, 2.24) is 5.32 Å². The molecule has 0 saturated heterocycles. The molecule has 3 rings (SSSR count). The van der Waals surface area contributed by atoms with Crippen LogP contribution < -0.4 is 10.1 Å². The van der Waals surface area contributed by atoms with E-state index < -0.39 is 0 Å². The predicted octanol–water partition coefficient (Wildman–Crippen LogP) is 4.79. The Morgan fingerprint density at radius 1 is 1.26 bits per heavy atom. The van der Waals surface area contributed by atoms with Crippen LogP contribution >= 0.6 is 15.9 Å². The van der Waals surface area contributed by atoms with Crippen LogP contribution in [-0.4, -0.2) is 11.5 Å². The molecule has 1 aliphatic rings. The van der Waals surface area contributed by atoms with E-state index in [9.17, 15) is 4.79 Å². The number of hydrogen-bond acceptors (Lipinski definition) is 2. The number of ether oxygens (including phenoxy) is 1. The summed E-state index contributed by atoms with van der Waals surface area (Å²) >= 11 is 3.44. The molecule has 1 aliphatic heterocycles. The largest absolute Gasteiger partial charge is 0.487 e. The van der Waals surface area contributed by atoms with E-state index in [4.69, 9.17) is 4.74 Å². The lowest BCUT2D eigenvalue weighted by Crippen LogP contribution is -2.41. The zero-order valence-corrected chi connectivity index (χ0v) is 15.1. The summed E-state index contributed by atoms with van der Waals surface area (Å²) in [6.07, 6.45) is 0.736. The van der Waals surface area contributed by atoms with Gasteiger partial charge in [0.1, 0.15) is 11.4 Å². The molecule has 23 heavy (non-hydrogen) atoms. The smallest absolute Gasteiger partial charge is 0.252 e. The zero-order chi connectivity index (χ0) is 16.6. The highest BCUT2D eigenvalue weighted by atomic mass is 79.9. The molecule has 1 amide bonds. The summed E-state index contributed by atoms with van der Waals surface area (Å²) in [6, 6.07) is 13.5. The average molecular weight is 374 g/mol. The van der Waals surface area contributed by atoms with Crippen molar-refractivity contribution in [3.8, 4) is 5.75 Å². The molecule has 0 spiro atoms. The predicted molar refractivity (Wildman–Crippen MR) is 94.9 cm³/mol. The first-order valence-corrected chi connectivity index (χ1v) is 8.50. The summed E-state index contributed by atoms with van der Waals surface area (Å²) in [5, 5.41) is 3.17. The van der Waals surface area contributed by atoms with Gasteiger partial charge >= 0.3 is 0 Å². The topological polar surface area (TPSA) is 38.3 Å². The monoisotopic (exact) mass is 373 g/mol. The van der Waals surface area contributed by atoms with Gasteiger partial charge in [-0.1, -0.05) is 29.8 Å². The van der Waals surface area contributed by atoms with Crippen LogP contribution in [0.2, 0.25) is 0 Å². The second-order valence-electron chi connectivity index (χ2n) is 6.61. The van der Waals surface area contributed by atoms with Gasteiger partial charge in [0.05, 0.1) is 11.6 Å². The van der Waals surface area contributed by atoms with E-state index in [1.165, 1.54) is 0 Å². The van der Waals surface area contributed by atoms with Crippen molar-refractivity contribution in [2.75, 3.05) is 0 Å². The Morgan fingerprint density at radius 2 is 2.00 bits per heavy atom. The standard InChI is InChI=1S/C19H20BrNO2/c1-12-8-9-17-14(10-12)16(11-19(2,3)23-17)21-18(22)13-6-4-5-7-15(13)20/h4-10,16H,11H2,1-3H3,(H,21,22)/t16-/m0/s1. The molecule has 0 fully saturated rings. The molecule has 2 aromatic rings. The van der Waals surface area contributed by atoms with Crippen LogP contribution in [0.1, 0.15) is 47.8 Å². The minimum absolute atomic E-state index is 0.0618. The summed E-state index contributed by atoms with van der Waals surface area (Å²) < 4.78 is 6.85. The fourth-order valence-electron chi connectivity index (χ4n) is 2.98. The van der Waals surface area contributed by atoms with Crippen molar-refractivity contribution >= 4 is 21.8 Å². The lowest BCUT2D eigenvalue weighted by molar-refractivity contribution is 0.0619. The van der Waals surface area contributed by atoms with Crippen LogP contribution in [0.5, 0.6) is 5.75 Å². The lowest BCUT2D eigenvalue weighted by Gasteiger charge is -2.38. The molecule has 0 aliphatic carbocycles. The van der Waals surface area contributed by atoms with Crippen LogP contribution in [0.15, 0.2) is 46.9 Å². The number of aryl methyl sites for hydroxylation is 1. The first-order valence-electron chi connectivity index (χ1n) is 7.71. The molecular formula is C19H20BrNO2. The number of halogens is 1. The lowest BCUT2D eigenvalue weighted by atomic mass is 9.88. The van der Waals surface area contributed by atoms with E-state index >= 15 is 0 Å². The maximum Gasteiger partial charge on any atom is 0.252 e. The number of carbonyl (C=O) groups excluding carboxylic acids is 1. The Hall–Kier alpha value is -1.81. The van der Waals surface area contributed by atoms with Gasteiger partial charge in [0.15, 0.2) is 0 Å². The van der Waals surface area contributed by atoms with Gasteiger partial charge in [0.2, 0.25) is 0 Å². The summed E-state index contributed by atoms with van der Waals surface area (Å²) in [5.41, 5.74) is 2.54. The maximum absolute atomic E-state index is 12.7. The van der Waals surface area contributed by atoms with Crippen LogP contribution in [0, 0.1) is 6.92 Å². The van der Waals surface area contributed by atoms with Crippen LogP contribution in [0.25, 0.3) is 0 Å². The molecule has 2 aromatic carbocycles. The van der Waals surface area contributed by atoms with E-state index in [1.54, 1.807) is 0 Å². The molecule has 0 radical (unpaired) electrons. The minimum atomic E-state index is -0.311. The third-order valence-corrected chi connectivity index (χ3v) is 4.74. The van der Waals surface area contributed by atoms with E-state index in [2.05, 4.69) is 27.3 Å². The number of rotatable bonds is 2. The molecule has 0 unspecified atom stereocenters. The van der Waals surface area contributed by atoms with Gasteiger partial charge in [-0.25, -0.2) is 0 Å². The quantitative estimate of drug-likeness (QED) is 0.821. The fourth-order valence-corrected chi connectivity index (χ4v) is 3.45. The zero-order valence-electron chi connectivity index (χ0n) is 13.5. The van der Waals surface area contributed by atoms with Crippen molar-refractivity contribution in [2.24, 2.45) is 0 Å². The fraction of sp³-hybridized carbons (Fsp3) is 0.316. The number of amides is 1. The second kappa shape index (κ2) is 6.00. The highest BCUT2D eigenvalue weighted by Crippen LogP contribution is 2.40. The average Bonchev–Trinajstić information content (AvgIpc) is 2.47. The number of fused-ring (bicyclic) bond motifs is 1. The number of hydrogen-bond donors (Lipinski definition) is 1. The highest BCUT2D eigenvalue weighted by molar-refractivity contribution is 9.10. The van der Waals surface area contributed by atoms with Gasteiger partial charge in [0, 0.05) is 16.5 Å². The molecule has 0 bridgehead atoms. The third kappa shape index (κ3) is 3.42. The molecule has 1 N–H and O–H groups in total. The summed E-state index contributed by atoms with van der Waals surface area (Å²) in [6.45, 7) is 6.15. The van der Waals surface area contributed by atoms with Crippen molar-refractivity contribution in [3.05, 3.63) is 63.6 Å². The van der Waals surface area contributed by atoms with Crippen molar-refractivity contribution in [1.29, 1.82) is 0 Å². The molecule has 4 heteroatoms. The third-order valence-electron chi connectivity index (χ3n) is 4.05. The van der Waals surface area contributed by atoms with E-state index in [1.807, 2.05) is 57.2 Å². The summed E-state index contributed by atoms with van der Waals surface area (Å²) in [4.78, 5) is 12.7. The van der Waals surface area contributed by atoms with Crippen LogP contribution in [0.4, 0.5) is 0 Å². The van der Waals surface area contributed by atoms with Crippen molar-refractivity contribution in [3.63, 3.8) is 0 Å². The van der Waals surface area contributed by atoms with E-state index in [0.29, 0.717) is 5.56 Å². The SMILES string of the molecule is Cc1ccc2c(c1)[C@@H](NC(=O)c1ccccc1Br)CC(C)(C)O2. The molecule has 1 atom stereocenters. The van der Waals surface area contributed by atoms with E-state index in [-0.39, 0.29) is 17.6 Å². The van der Waals surface area contributed by atoms with Crippen molar-refractivity contribution < 1.29 is 9.53 Å². The summed E-state index contributed by atoms with van der Waals surface area (Å²) in [5.74, 6) is 0.775. The summed E-state index contributed by atoms with van der Waals surface area (Å²) in [7, 11) is 0. The second-order valence-corrected chi connectivity index (χ2v) is 7.47. The first kappa shape index (κ1) is 16.1. The number of nitrogens with one attached hydrogen (secondary N) is 1. The number of carbonyl (C=O) groups is 1. The van der Waals surface area contributed by atoms with Gasteiger partial charge in [-0.05, 0) is 54.9 Å². The van der Waals surface area contributed by atoms with Crippen molar-refractivity contribution in [2.45, 2.75) is 38.8 Å². The highest BCUT2D eigenvalue weighted by Gasteiger charge is 2.34. The van der Waals surface area contributed by atoms with Gasteiger partial charge in [-0.15, -0.1) is 0 Å². The Morgan fingerprint density at radius 3 is 2.74 bits per heavy atom. The van der Waals surface area contributed by atoms with Gasteiger partial charge in [-0.3, -0.25) is 4.79 Å². The first-order chi connectivity index (χ1) is 10.9. The van der Waals surface area contributed by atoms with Crippen LogP contribution in [-0.2, 0) is 0 Å². The number of benzene rings is 2. The van der Waals surface area contributed by atoms with Gasteiger partial charge < -0.3 is 10.1 Å². The maximum atomic E-state index is 12.7. The Labute approximate surface area is 145 Å². The normalized spacial score (nSPS) is 18.7. The molecular weight excluding hydrogens is 354 g/mol. The molecule has 1 heterocycles. The molecule has 0 saturated carbocycles. The Balaban J connectivity index is 1.92. The molecule has 0 aromatic heterocycles. The van der Waals surface area contributed by atoms with Gasteiger partial charge in [0.25, 0.3) is 5.91 Å². The van der Waals surface area contributed by atoms with Gasteiger partial charge in [-0.2, -0.15) is 0 Å². The Kier molecular flexibility index (Phi) is 4.19. The molecule has 120 valence electrons. The van der Waals surface area contributed by atoms with E-state index in [0.717, 1.165) is 27.8 Å². The minimum Gasteiger partial charge on any atom is -0.487 e. The Bertz CT molecular complexity index is 755. The van der Waals surface area contributed by atoms with Crippen LogP contribution in [0.3, 0.4) is 0 Å².